The molecule has 27 heavy (non-hydrogen) atoms. The van der Waals surface area contributed by atoms with Crippen molar-refractivity contribution >= 4 is 5.91 Å². The summed E-state index contributed by atoms with van der Waals surface area (Å²) in [5.41, 5.74) is 2.71. The molecule has 0 spiro atoms. The van der Waals surface area contributed by atoms with Crippen molar-refractivity contribution in [2.45, 2.75) is 44.6 Å². The molecule has 0 saturated carbocycles. The van der Waals surface area contributed by atoms with Gasteiger partial charge >= 0.3 is 0 Å². The summed E-state index contributed by atoms with van der Waals surface area (Å²) in [4.78, 5) is 17.2. The summed E-state index contributed by atoms with van der Waals surface area (Å²) in [5.74, 6) is 0.292. The van der Waals surface area contributed by atoms with E-state index in [0.29, 0.717) is 18.4 Å². The Balaban J connectivity index is 1.41. The number of rotatable bonds is 8. The van der Waals surface area contributed by atoms with E-state index < -0.39 is 0 Å². The third-order valence-electron chi connectivity index (χ3n) is 5.68. The largest absolute Gasteiger partial charge is 0.341 e. The van der Waals surface area contributed by atoms with E-state index in [2.05, 4.69) is 59.5 Å². The fraction of sp³-hybridized carbons (Fsp3) is 0.458. The van der Waals surface area contributed by atoms with Gasteiger partial charge in [-0.2, -0.15) is 0 Å². The average Bonchev–Trinajstić information content (AvgIpc) is 2.73. The van der Waals surface area contributed by atoms with Crippen LogP contribution in [0.2, 0.25) is 0 Å². The van der Waals surface area contributed by atoms with Crippen molar-refractivity contribution < 1.29 is 4.79 Å². The molecule has 3 nitrogen and oxygen atoms in total. The topological polar surface area (TPSA) is 23.6 Å². The van der Waals surface area contributed by atoms with E-state index in [-0.39, 0.29) is 0 Å². The SMILES string of the molecule is CN(C(=O)CCCc1ccccc1)C1CCCN(CCc2ccccc2)C1. The maximum absolute atomic E-state index is 12.6. The lowest BCUT2D eigenvalue weighted by molar-refractivity contribution is -0.133. The van der Waals surface area contributed by atoms with Crippen LogP contribution < -0.4 is 0 Å². The van der Waals surface area contributed by atoms with Crippen LogP contribution in [-0.2, 0) is 17.6 Å². The Kier molecular flexibility index (Phi) is 7.46. The molecule has 1 fully saturated rings. The van der Waals surface area contributed by atoms with E-state index in [1.165, 1.54) is 17.5 Å². The first-order chi connectivity index (χ1) is 13.2. The maximum Gasteiger partial charge on any atom is 0.222 e. The smallest absolute Gasteiger partial charge is 0.222 e. The predicted octanol–water partition coefficient (Wildman–Crippen LogP) is 4.17. The summed E-state index contributed by atoms with van der Waals surface area (Å²) in [6, 6.07) is 21.5. The zero-order valence-electron chi connectivity index (χ0n) is 16.5. The van der Waals surface area contributed by atoms with Gasteiger partial charge in [-0.25, -0.2) is 0 Å². The van der Waals surface area contributed by atoms with E-state index in [9.17, 15) is 4.79 Å². The third kappa shape index (κ3) is 6.21. The zero-order chi connectivity index (χ0) is 18.9. The number of likely N-dealkylation sites (tertiary alicyclic amines) is 1. The fourth-order valence-electron chi connectivity index (χ4n) is 3.95. The first kappa shape index (κ1) is 19.6. The Bertz CT molecular complexity index is 686. The second-order valence-electron chi connectivity index (χ2n) is 7.68. The van der Waals surface area contributed by atoms with Crippen LogP contribution in [0.25, 0.3) is 0 Å². The molecule has 0 aliphatic carbocycles. The molecule has 3 rings (SSSR count). The first-order valence-corrected chi connectivity index (χ1v) is 10.3. The number of amides is 1. The van der Waals surface area contributed by atoms with Crippen LogP contribution in [-0.4, -0.2) is 48.4 Å². The highest BCUT2D eigenvalue weighted by atomic mass is 16.2. The molecular weight excluding hydrogens is 332 g/mol. The van der Waals surface area contributed by atoms with Gasteiger partial charge in [-0.05, 0) is 49.8 Å². The lowest BCUT2D eigenvalue weighted by Crippen LogP contribution is -2.48. The molecule has 3 heteroatoms. The van der Waals surface area contributed by atoms with Gasteiger partial charge in [-0.3, -0.25) is 4.79 Å². The molecule has 2 aromatic carbocycles. The van der Waals surface area contributed by atoms with Gasteiger partial charge in [0.15, 0.2) is 0 Å². The number of benzene rings is 2. The normalized spacial score (nSPS) is 17.6. The number of piperidine rings is 1. The van der Waals surface area contributed by atoms with E-state index in [1.54, 1.807) is 0 Å². The van der Waals surface area contributed by atoms with E-state index in [4.69, 9.17) is 0 Å². The molecule has 1 aliphatic rings. The van der Waals surface area contributed by atoms with Crippen LogP contribution in [0.3, 0.4) is 0 Å². The van der Waals surface area contributed by atoms with Gasteiger partial charge in [-0.1, -0.05) is 60.7 Å². The van der Waals surface area contributed by atoms with Gasteiger partial charge in [-0.15, -0.1) is 0 Å². The highest BCUT2D eigenvalue weighted by Gasteiger charge is 2.25. The summed E-state index contributed by atoms with van der Waals surface area (Å²) < 4.78 is 0. The molecule has 144 valence electrons. The molecule has 1 saturated heterocycles. The van der Waals surface area contributed by atoms with Gasteiger partial charge in [0.25, 0.3) is 0 Å². The number of carbonyl (C=O) groups excluding carboxylic acids is 1. The van der Waals surface area contributed by atoms with Gasteiger partial charge < -0.3 is 9.80 Å². The quantitative estimate of drug-likeness (QED) is 0.702. The van der Waals surface area contributed by atoms with Crippen molar-refractivity contribution in [3.63, 3.8) is 0 Å². The Morgan fingerprint density at radius 2 is 1.63 bits per heavy atom. The van der Waals surface area contributed by atoms with Gasteiger partial charge in [0, 0.05) is 32.6 Å². The molecule has 1 amide bonds. The Morgan fingerprint density at radius 3 is 2.30 bits per heavy atom. The molecular formula is C24H32N2O. The first-order valence-electron chi connectivity index (χ1n) is 10.3. The van der Waals surface area contributed by atoms with Crippen LogP contribution in [0.15, 0.2) is 60.7 Å². The van der Waals surface area contributed by atoms with Gasteiger partial charge in [0.05, 0.1) is 0 Å². The number of carbonyl (C=O) groups is 1. The second kappa shape index (κ2) is 10.3. The minimum absolute atomic E-state index is 0.292. The molecule has 0 N–H and O–H groups in total. The predicted molar refractivity (Wildman–Crippen MR) is 112 cm³/mol. The lowest BCUT2D eigenvalue weighted by atomic mass is 10.0. The highest BCUT2D eigenvalue weighted by Crippen LogP contribution is 2.17. The van der Waals surface area contributed by atoms with Crippen LogP contribution >= 0.6 is 0 Å². The molecule has 0 aromatic heterocycles. The summed E-state index contributed by atoms with van der Waals surface area (Å²) in [5, 5.41) is 0. The van der Waals surface area contributed by atoms with E-state index >= 15 is 0 Å². The van der Waals surface area contributed by atoms with Crippen molar-refractivity contribution in [3.05, 3.63) is 71.8 Å². The molecule has 1 atom stereocenters. The van der Waals surface area contributed by atoms with Crippen molar-refractivity contribution in [1.82, 2.24) is 9.80 Å². The lowest BCUT2D eigenvalue weighted by Gasteiger charge is -2.37. The molecule has 1 heterocycles. The standard InChI is InChI=1S/C24H32N2O/c1-25(24(27)16-8-14-21-10-4-2-5-11-21)23-15-9-18-26(20-23)19-17-22-12-6-3-7-13-22/h2-7,10-13,23H,8-9,14-20H2,1H3. The monoisotopic (exact) mass is 364 g/mol. The van der Waals surface area contributed by atoms with E-state index in [0.717, 1.165) is 45.3 Å². The van der Waals surface area contributed by atoms with Gasteiger partial charge in [0.1, 0.15) is 0 Å². The highest BCUT2D eigenvalue weighted by molar-refractivity contribution is 5.76. The third-order valence-corrected chi connectivity index (χ3v) is 5.68. The maximum atomic E-state index is 12.6. The number of nitrogens with zero attached hydrogens (tertiary/aromatic N) is 2. The summed E-state index contributed by atoms with van der Waals surface area (Å²) in [6.07, 6.45) is 5.95. The molecule has 1 unspecified atom stereocenters. The van der Waals surface area contributed by atoms with Crippen molar-refractivity contribution in [3.8, 4) is 0 Å². The summed E-state index contributed by atoms with van der Waals surface area (Å²) in [7, 11) is 2.00. The fourth-order valence-corrected chi connectivity index (χ4v) is 3.95. The second-order valence-corrected chi connectivity index (χ2v) is 7.68. The van der Waals surface area contributed by atoms with Crippen molar-refractivity contribution in [1.29, 1.82) is 0 Å². The summed E-state index contributed by atoms with van der Waals surface area (Å²) in [6.45, 7) is 3.24. The van der Waals surface area contributed by atoms with Crippen molar-refractivity contribution in [2.75, 3.05) is 26.7 Å². The van der Waals surface area contributed by atoms with E-state index in [1.807, 2.05) is 18.0 Å². The Morgan fingerprint density at radius 1 is 1.00 bits per heavy atom. The number of likely N-dealkylation sites (N-methyl/N-ethyl adjacent to an activating group) is 1. The average molecular weight is 365 g/mol. The molecule has 2 aromatic rings. The minimum Gasteiger partial charge on any atom is -0.341 e. The number of hydrogen-bond donors (Lipinski definition) is 0. The van der Waals surface area contributed by atoms with Gasteiger partial charge in [0.2, 0.25) is 5.91 Å². The zero-order valence-corrected chi connectivity index (χ0v) is 16.5. The van der Waals surface area contributed by atoms with Crippen LogP contribution in [0, 0.1) is 0 Å². The number of hydrogen-bond acceptors (Lipinski definition) is 2. The molecule has 1 aliphatic heterocycles. The van der Waals surface area contributed by atoms with Crippen LogP contribution in [0.5, 0.6) is 0 Å². The van der Waals surface area contributed by atoms with Crippen LogP contribution in [0.4, 0.5) is 0 Å². The Hall–Kier alpha value is -2.13. The minimum atomic E-state index is 0.292. The molecule has 0 radical (unpaired) electrons. The summed E-state index contributed by atoms with van der Waals surface area (Å²) >= 11 is 0. The van der Waals surface area contributed by atoms with Crippen molar-refractivity contribution in [2.24, 2.45) is 0 Å². The van der Waals surface area contributed by atoms with Crippen LogP contribution in [0.1, 0.15) is 36.8 Å². The Labute approximate surface area is 164 Å². The number of aryl methyl sites for hydroxylation is 1. The molecule has 0 bridgehead atoms.